The van der Waals surface area contributed by atoms with Gasteiger partial charge in [0.25, 0.3) is 0 Å². The van der Waals surface area contributed by atoms with Crippen LogP contribution >= 0.6 is 0 Å². The zero-order valence-corrected chi connectivity index (χ0v) is 6.10. The summed E-state index contributed by atoms with van der Waals surface area (Å²) in [5.41, 5.74) is 0.934. The Morgan fingerprint density at radius 2 is 2.20 bits per heavy atom. The van der Waals surface area contributed by atoms with Crippen molar-refractivity contribution in [1.82, 2.24) is 0 Å². The van der Waals surface area contributed by atoms with E-state index in [4.69, 9.17) is 5.11 Å². The zero-order chi connectivity index (χ0) is 8.15. The summed E-state index contributed by atoms with van der Waals surface area (Å²) in [6, 6.07) is 0. The Morgan fingerprint density at radius 1 is 1.70 bits per heavy atom. The Balaban J connectivity index is 3.70. The molecule has 1 N–H and O–H groups in total. The second kappa shape index (κ2) is 4.04. The summed E-state index contributed by atoms with van der Waals surface area (Å²) in [6.07, 6.45) is -0.217. The fourth-order valence-electron chi connectivity index (χ4n) is 0.440. The molecule has 0 saturated heterocycles. The summed E-state index contributed by atoms with van der Waals surface area (Å²) in [5.74, 6) is -1.39. The van der Waals surface area contributed by atoms with E-state index in [-0.39, 0.29) is 6.42 Å². The third-order valence-electron chi connectivity index (χ3n) is 1.00. The monoisotopic (exact) mass is 146 g/mol. The molecule has 3 heteroatoms. The molecule has 1 atom stereocenters. The molecule has 2 nitrogen and oxygen atoms in total. The van der Waals surface area contributed by atoms with Crippen LogP contribution < -0.4 is 0 Å². The van der Waals surface area contributed by atoms with Crippen molar-refractivity contribution in [3.05, 3.63) is 11.6 Å². The van der Waals surface area contributed by atoms with Crippen molar-refractivity contribution in [3.8, 4) is 0 Å². The number of carbonyl (C=O) groups is 1. The summed E-state index contributed by atoms with van der Waals surface area (Å²) in [5, 5.41) is 8.09. The number of aliphatic carboxylic acids is 1. The Labute approximate surface area is 59.4 Å². The first-order valence-corrected chi connectivity index (χ1v) is 3.04. The summed E-state index contributed by atoms with van der Waals surface area (Å²) in [6.45, 7) is 3.60. The Morgan fingerprint density at radius 3 is 2.50 bits per heavy atom. The molecule has 0 heterocycles. The van der Waals surface area contributed by atoms with E-state index in [0.717, 1.165) is 5.57 Å². The van der Waals surface area contributed by atoms with Gasteiger partial charge < -0.3 is 5.11 Å². The smallest absolute Gasteiger partial charge is 0.338 e. The average Bonchev–Trinajstić information content (AvgIpc) is 1.82. The van der Waals surface area contributed by atoms with Gasteiger partial charge in [0.2, 0.25) is 6.17 Å². The number of carboxylic acid groups (broad SMARTS) is 1. The summed E-state index contributed by atoms with van der Waals surface area (Å²) in [7, 11) is 0. The molecule has 0 radical (unpaired) electrons. The minimum Gasteiger partial charge on any atom is -0.479 e. The molecule has 0 fully saturated rings. The van der Waals surface area contributed by atoms with E-state index in [2.05, 4.69) is 0 Å². The maximum atomic E-state index is 12.2. The number of hydrogen-bond acceptors (Lipinski definition) is 1. The van der Waals surface area contributed by atoms with E-state index in [1.54, 1.807) is 19.9 Å². The number of allylic oxidation sites excluding steroid dienone is 2. The molecule has 10 heavy (non-hydrogen) atoms. The fraction of sp³-hybridized carbons (Fsp3) is 0.571. The predicted octanol–water partition coefficient (Wildman–Crippen LogP) is 1.77. The summed E-state index contributed by atoms with van der Waals surface area (Å²) >= 11 is 0. The lowest BCUT2D eigenvalue weighted by molar-refractivity contribution is -0.142. The number of halogens is 1. The molecule has 0 aromatic rings. The molecule has 0 rings (SSSR count). The number of hydrogen-bond donors (Lipinski definition) is 1. The van der Waals surface area contributed by atoms with Crippen LogP contribution in [-0.4, -0.2) is 17.2 Å². The van der Waals surface area contributed by atoms with E-state index < -0.39 is 12.1 Å². The second-order valence-corrected chi connectivity index (χ2v) is 2.32. The quantitative estimate of drug-likeness (QED) is 0.616. The molecular formula is C7H11FO2. The van der Waals surface area contributed by atoms with Crippen LogP contribution in [0.1, 0.15) is 20.3 Å². The molecule has 0 aliphatic rings. The van der Waals surface area contributed by atoms with E-state index in [0.29, 0.717) is 0 Å². The van der Waals surface area contributed by atoms with Gasteiger partial charge in [-0.25, -0.2) is 9.18 Å². The molecule has 0 aromatic heterocycles. The average molecular weight is 146 g/mol. The van der Waals surface area contributed by atoms with Gasteiger partial charge in [0.05, 0.1) is 0 Å². The normalized spacial score (nSPS) is 12.3. The largest absolute Gasteiger partial charge is 0.479 e. The lowest BCUT2D eigenvalue weighted by Gasteiger charge is -1.96. The highest BCUT2D eigenvalue weighted by Gasteiger charge is 2.12. The minimum absolute atomic E-state index is 0.0301. The van der Waals surface area contributed by atoms with Crippen LogP contribution in [0.5, 0.6) is 0 Å². The van der Waals surface area contributed by atoms with Crippen LogP contribution in [0.4, 0.5) is 4.39 Å². The molecular weight excluding hydrogens is 135 g/mol. The molecule has 0 amide bonds. The highest BCUT2D eigenvalue weighted by molar-refractivity contribution is 5.72. The van der Waals surface area contributed by atoms with Gasteiger partial charge in [-0.3, -0.25) is 0 Å². The highest BCUT2D eigenvalue weighted by atomic mass is 19.1. The molecule has 0 aliphatic heterocycles. The molecule has 58 valence electrons. The van der Waals surface area contributed by atoms with Gasteiger partial charge in [0, 0.05) is 6.42 Å². The third kappa shape index (κ3) is 4.06. The Bertz CT molecular complexity index is 148. The first-order chi connectivity index (χ1) is 4.54. The van der Waals surface area contributed by atoms with E-state index in [1.807, 2.05) is 0 Å². The van der Waals surface area contributed by atoms with Gasteiger partial charge in [-0.15, -0.1) is 0 Å². The van der Waals surface area contributed by atoms with Crippen molar-refractivity contribution < 1.29 is 14.3 Å². The predicted molar refractivity (Wildman–Crippen MR) is 36.6 cm³/mol. The van der Waals surface area contributed by atoms with Crippen LogP contribution in [0, 0.1) is 0 Å². The van der Waals surface area contributed by atoms with E-state index in [1.165, 1.54) is 0 Å². The van der Waals surface area contributed by atoms with Crippen molar-refractivity contribution in [2.45, 2.75) is 26.4 Å². The van der Waals surface area contributed by atoms with Gasteiger partial charge in [-0.05, 0) is 13.8 Å². The standard InChI is InChI=1S/C7H11FO2/c1-5(2)3-4-6(8)7(9)10/h3,6H,4H2,1-2H3,(H,9,10). The van der Waals surface area contributed by atoms with Crippen LogP contribution in [-0.2, 0) is 4.79 Å². The van der Waals surface area contributed by atoms with Crippen molar-refractivity contribution in [1.29, 1.82) is 0 Å². The van der Waals surface area contributed by atoms with Gasteiger partial charge in [0.15, 0.2) is 0 Å². The molecule has 0 bridgehead atoms. The molecule has 0 aromatic carbocycles. The SMILES string of the molecule is CC(C)=CCC(F)C(=O)O. The van der Waals surface area contributed by atoms with Crippen LogP contribution in [0.3, 0.4) is 0 Å². The van der Waals surface area contributed by atoms with Crippen LogP contribution in [0.15, 0.2) is 11.6 Å². The Kier molecular flexibility index (Phi) is 3.69. The number of rotatable bonds is 3. The van der Waals surface area contributed by atoms with Crippen molar-refractivity contribution in [2.24, 2.45) is 0 Å². The van der Waals surface area contributed by atoms with Gasteiger partial charge in [0.1, 0.15) is 0 Å². The van der Waals surface area contributed by atoms with Crippen molar-refractivity contribution in [3.63, 3.8) is 0 Å². The zero-order valence-electron chi connectivity index (χ0n) is 6.10. The lowest BCUT2D eigenvalue weighted by atomic mass is 10.2. The highest BCUT2D eigenvalue weighted by Crippen LogP contribution is 2.01. The van der Waals surface area contributed by atoms with E-state index in [9.17, 15) is 9.18 Å². The third-order valence-corrected chi connectivity index (χ3v) is 1.00. The van der Waals surface area contributed by atoms with Crippen molar-refractivity contribution in [2.75, 3.05) is 0 Å². The number of alkyl halides is 1. The molecule has 0 saturated carbocycles. The molecule has 1 unspecified atom stereocenters. The number of carboxylic acids is 1. The molecule has 0 spiro atoms. The first kappa shape index (κ1) is 9.14. The summed E-state index contributed by atoms with van der Waals surface area (Å²) < 4.78 is 12.2. The summed E-state index contributed by atoms with van der Waals surface area (Å²) in [4.78, 5) is 9.91. The second-order valence-electron chi connectivity index (χ2n) is 2.32. The lowest BCUT2D eigenvalue weighted by Crippen LogP contribution is -2.12. The maximum Gasteiger partial charge on any atom is 0.338 e. The fourth-order valence-corrected chi connectivity index (χ4v) is 0.440. The van der Waals surface area contributed by atoms with Crippen LogP contribution in [0.25, 0.3) is 0 Å². The van der Waals surface area contributed by atoms with Gasteiger partial charge in [-0.2, -0.15) is 0 Å². The maximum absolute atomic E-state index is 12.2. The molecule has 0 aliphatic carbocycles. The van der Waals surface area contributed by atoms with Crippen molar-refractivity contribution >= 4 is 5.97 Å². The van der Waals surface area contributed by atoms with E-state index >= 15 is 0 Å². The first-order valence-electron chi connectivity index (χ1n) is 3.04. The van der Waals surface area contributed by atoms with Gasteiger partial charge in [-0.1, -0.05) is 11.6 Å². The van der Waals surface area contributed by atoms with Crippen LogP contribution in [0.2, 0.25) is 0 Å². The minimum atomic E-state index is -1.75. The van der Waals surface area contributed by atoms with Gasteiger partial charge >= 0.3 is 5.97 Å². The Hall–Kier alpha value is -0.860. The topological polar surface area (TPSA) is 37.3 Å².